The molecular formula is C15H20N4. The number of hydrogen-bond donors (Lipinski definition) is 1. The first-order chi connectivity index (χ1) is 9.34. The van der Waals surface area contributed by atoms with E-state index in [1.54, 1.807) is 0 Å². The SMILES string of the molecule is Cc1nnc(CCCNc2ccccc2)n1C1CC1. The van der Waals surface area contributed by atoms with Crippen LogP contribution in [0.4, 0.5) is 5.69 Å². The van der Waals surface area contributed by atoms with Gasteiger partial charge in [0.25, 0.3) is 0 Å². The molecule has 1 fully saturated rings. The van der Waals surface area contributed by atoms with E-state index in [0.717, 1.165) is 31.0 Å². The van der Waals surface area contributed by atoms with Gasteiger partial charge in [-0.1, -0.05) is 18.2 Å². The predicted molar refractivity (Wildman–Crippen MR) is 76.3 cm³/mol. The van der Waals surface area contributed by atoms with Crippen molar-refractivity contribution in [2.24, 2.45) is 0 Å². The maximum atomic E-state index is 4.31. The Kier molecular flexibility index (Phi) is 3.49. The van der Waals surface area contributed by atoms with Crippen molar-refractivity contribution in [1.82, 2.24) is 14.8 Å². The number of benzene rings is 1. The lowest BCUT2D eigenvalue weighted by Gasteiger charge is -2.08. The van der Waals surface area contributed by atoms with Crippen molar-refractivity contribution in [3.63, 3.8) is 0 Å². The summed E-state index contributed by atoms with van der Waals surface area (Å²) in [4.78, 5) is 0. The van der Waals surface area contributed by atoms with Crippen molar-refractivity contribution in [3.05, 3.63) is 42.0 Å². The lowest BCUT2D eigenvalue weighted by Crippen LogP contribution is -2.07. The fourth-order valence-electron chi connectivity index (χ4n) is 2.43. The maximum Gasteiger partial charge on any atom is 0.133 e. The largest absolute Gasteiger partial charge is 0.385 e. The third kappa shape index (κ3) is 2.95. The lowest BCUT2D eigenvalue weighted by atomic mass is 10.2. The van der Waals surface area contributed by atoms with Crippen molar-refractivity contribution in [2.45, 2.75) is 38.6 Å². The van der Waals surface area contributed by atoms with Gasteiger partial charge in [-0.25, -0.2) is 0 Å². The molecule has 4 heteroatoms. The quantitative estimate of drug-likeness (QED) is 0.808. The van der Waals surface area contributed by atoms with Gasteiger partial charge in [0, 0.05) is 24.7 Å². The Morgan fingerprint density at radius 3 is 2.74 bits per heavy atom. The second kappa shape index (κ2) is 5.43. The van der Waals surface area contributed by atoms with Gasteiger partial charge in [0.15, 0.2) is 0 Å². The molecule has 4 nitrogen and oxygen atoms in total. The summed E-state index contributed by atoms with van der Waals surface area (Å²) >= 11 is 0. The lowest BCUT2D eigenvalue weighted by molar-refractivity contribution is 0.647. The Morgan fingerprint density at radius 2 is 2.00 bits per heavy atom. The summed E-state index contributed by atoms with van der Waals surface area (Å²) in [5.41, 5.74) is 1.18. The van der Waals surface area contributed by atoms with Gasteiger partial charge in [-0.15, -0.1) is 10.2 Å². The van der Waals surface area contributed by atoms with E-state index < -0.39 is 0 Å². The Bertz CT molecular complexity index is 528. The normalized spacial score (nSPS) is 14.6. The molecule has 1 aliphatic rings. The molecule has 0 amide bonds. The Morgan fingerprint density at radius 1 is 1.21 bits per heavy atom. The molecule has 1 heterocycles. The zero-order chi connectivity index (χ0) is 13.1. The fourth-order valence-corrected chi connectivity index (χ4v) is 2.43. The van der Waals surface area contributed by atoms with Gasteiger partial charge in [0.2, 0.25) is 0 Å². The van der Waals surface area contributed by atoms with Crippen molar-refractivity contribution < 1.29 is 0 Å². The molecule has 1 N–H and O–H groups in total. The minimum absolute atomic E-state index is 0.673. The van der Waals surface area contributed by atoms with E-state index in [0.29, 0.717) is 6.04 Å². The van der Waals surface area contributed by atoms with Crippen LogP contribution in [0.25, 0.3) is 0 Å². The van der Waals surface area contributed by atoms with Crippen LogP contribution in [0.15, 0.2) is 30.3 Å². The number of anilines is 1. The zero-order valence-corrected chi connectivity index (χ0v) is 11.3. The van der Waals surface area contributed by atoms with Gasteiger partial charge < -0.3 is 9.88 Å². The molecule has 0 saturated heterocycles. The first-order valence-electron chi connectivity index (χ1n) is 7.04. The van der Waals surface area contributed by atoms with E-state index in [9.17, 15) is 0 Å². The van der Waals surface area contributed by atoms with Gasteiger partial charge in [-0.3, -0.25) is 0 Å². The van der Waals surface area contributed by atoms with Crippen LogP contribution in [0.3, 0.4) is 0 Å². The molecule has 1 aromatic heterocycles. The molecule has 1 aliphatic carbocycles. The summed E-state index contributed by atoms with van der Waals surface area (Å²) < 4.78 is 2.32. The molecule has 3 rings (SSSR count). The molecule has 100 valence electrons. The van der Waals surface area contributed by atoms with Crippen LogP contribution in [0.5, 0.6) is 0 Å². The van der Waals surface area contributed by atoms with E-state index in [-0.39, 0.29) is 0 Å². The summed E-state index contributed by atoms with van der Waals surface area (Å²) in [5, 5.41) is 11.9. The monoisotopic (exact) mass is 256 g/mol. The average Bonchev–Trinajstić information content (AvgIpc) is 3.20. The van der Waals surface area contributed by atoms with E-state index in [1.807, 2.05) is 6.07 Å². The molecule has 2 aromatic rings. The van der Waals surface area contributed by atoms with Crippen molar-refractivity contribution in [3.8, 4) is 0 Å². The predicted octanol–water partition coefficient (Wildman–Crippen LogP) is 2.97. The third-order valence-electron chi connectivity index (χ3n) is 3.53. The Balaban J connectivity index is 1.50. The van der Waals surface area contributed by atoms with Crippen LogP contribution in [0.2, 0.25) is 0 Å². The highest BCUT2D eigenvalue weighted by Crippen LogP contribution is 2.36. The molecule has 0 atom stereocenters. The molecule has 0 bridgehead atoms. The van der Waals surface area contributed by atoms with Crippen LogP contribution in [0.1, 0.15) is 37.0 Å². The van der Waals surface area contributed by atoms with Crippen molar-refractivity contribution in [1.29, 1.82) is 0 Å². The standard InChI is InChI=1S/C15H20N4/c1-12-17-18-15(19(12)14-9-10-14)8-5-11-16-13-6-3-2-4-7-13/h2-4,6-7,14,16H,5,8-11H2,1H3. The van der Waals surface area contributed by atoms with Crippen molar-refractivity contribution >= 4 is 5.69 Å². The summed E-state index contributed by atoms with van der Waals surface area (Å²) in [7, 11) is 0. The number of para-hydroxylation sites is 1. The van der Waals surface area contributed by atoms with Gasteiger partial charge in [-0.05, 0) is 38.3 Å². The molecule has 19 heavy (non-hydrogen) atoms. The topological polar surface area (TPSA) is 42.7 Å². The van der Waals surface area contributed by atoms with E-state index in [2.05, 4.69) is 51.3 Å². The maximum absolute atomic E-state index is 4.31. The molecule has 0 radical (unpaired) electrons. The zero-order valence-electron chi connectivity index (χ0n) is 11.3. The number of nitrogens with one attached hydrogen (secondary N) is 1. The van der Waals surface area contributed by atoms with E-state index >= 15 is 0 Å². The van der Waals surface area contributed by atoms with Gasteiger partial charge >= 0.3 is 0 Å². The summed E-state index contributed by atoms with van der Waals surface area (Å²) in [6.45, 7) is 3.03. The highest BCUT2D eigenvalue weighted by Gasteiger charge is 2.27. The van der Waals surface area contributed by atoms with Crippen molar-refractivity contribution in [2.75, 3.05) is 11.9 Å². The highest BCUT2D eigenvalue weighted by molar-refractivity contribution is 5.42. The Hall–Kier alpha value is -1.84. The van der Waals surface area contributed by atoms with Gasteiger partial charge in [0.1, 0.15) is 11.6 Å². The van der Waals surface area contributed by atoms with Crippen LogP contribution in [0, 0.1) is 6.92 Å². The van der Waals surface area contributed by atoms with Crippen LogP contribution >= 0.6 is 0 Å². The Labute approximate surface area is 113 Å². The molecule has 1 saturated carbocycles. The average molecular weight is 256 g/mol. The second-order valence-corrected chi connectivity index (χ2v) is 5.16. The number of hydrogen-bond acceptors (Lipinski definition) is 3. The van der Waals surface area contributed by atoms with E-state index in [4.69, 9.17) is 0 Å². The number of nitrogens with zero attached hydrogens (tertiary/aromatic N) is 3. The minimum atomic E-state index is 0.673. The minimum Gasteiger partial charge on any atom is -0.385 e. The van der Waals surface area contributed by atoms with E-state index in [1.165, 1.54) is 18.5 Å². The smallest absolute Gasteiger partial charge is 0.133 e. The highest BCUT2D eigenvalue weighted by atomic mass is 15.3. The second-order valence-electron chi connectivity index (χ2n) is 5.16. The molecule has 0 aliphatic heterocycles. The molecular weight excluding hydrogens is 236 g/mol. The number of rotatable bonds is 6. The number of aryl methyl sites for hydroxylation is 2. The number of aromatic nitrogens is 3. The molecule has 1 aromatic carbocycles. The third-order valence-corrected chi connectivity index (χ3v) is 3.53. The summed E-state index contributed by atoms with van der Waals surface area (Å²) in [5.74, 6) is 2.21. The van der Waals surface area contributed by atoms with Crippen LogP contribution in [-0.4, -0.2) is 21.3 Å². The summed E-state index contributed by atoms with van der Waals surface area (Å²) in [6, 6.07) is 11.0. The fraction of sp³-hybridized carbons (Fsp3) is 0.467. The molecule has 0 unspecified atom stereocenters. The molecule has 0 spiro atoms. The van der Waals surface area contributed by atoms with Crippen LogP contribution < -0.4 is 5.32 Å². The first-order valence-corrected chi connectivity index (χ1v) is 7.04. The first kappa shape index (κ1) is 12.2. The van der Waals surface area contributed by atoms with Gasteiger partial charge in [0.05, 0.1) is 0 Å². The van der Waals surface area contributed by atoms with Crippen LogP contribution in [-0.2, 0) is 6.42 Å². The van der Waals surface area contributed by atoms with Gasteiger partial charge in [-0.2, -0.15) is 0 Å². The summed E-state index contributed by atoms with van der Waals surface area (Å²) in [6.07, 6.45) is 4.65.